The molecule has 1 unspecified atom stereocenters. The Morgan fingerprint density at radius 1 is 1.38 bits per heavy atom. The maximum atomic E-state index is 12.8. The number of fused-ring (bicyclic) bond motifs is 1. The highest BCUT2D eigenvalue weighted by molar-refractivity contribution is 5.92. The van der Waals surface area contributed by atoms with E-state index >= 15 is 0 Å². The van der Waals surface area contributed by atoms with Crippen molar-refractivity contribution in [2.75, 3.05) is 0 Å². The minimum absolute atomic E-state index is 0.145. The predicted molar refractivity (Wildman–Crippen MR) is 99.4 cm³/mol. The molecule has 0 bridgehead atoms. The van der Waals surface area contributed by atoms with Crippen LogP contribution in [0.25, 0.3) is 0 Å². The molecule has 2 heterocycles. The largest absolute Gasteiger partial charge is 0.487 e. The molecule has 1 amide bonds. The lowest BCUT2D eigenvalue weighted by atomic mass is 9.89. The SMILES string of the molecule is CC(C)Cc1cc(C(=O)NC2CC(C)(C)Oc3ccccc32)nc(=O)[nH]1. The van der Waals surface area contributed by atoms with Crippen LogP contribution >= 0.6 is 0 Å². The number of ether oxygens (including phenoxy) is 1. The molecular weight excluding hydrogens is 330 g/mol. The second kappa shape index (κ2) is 6.94. The summed E-state index contributed by atoms with van der Waals surface area (Å²) in [4.78, 5) is 31.1. The minimum atomic E-state index is -0.499. The second-order valence-electron chi connectivity index (χ2n) is 7.82. The topological polar surface area (TPSA) is 84.1 Å². The van der Waals surface area contributed by atoms with Crippen LogP contribution in [-0.4, -0.2) is 21.5 Å². The number of hydrogen-bond acceptors (Lipinski definition) is 4. The van der Waals surface area contributed by atoms with E-state index in [0.29, 0.717) is 18.8 Å². The molecule has 0 fully saturated rings. The average molecular weight is 355 g/mol. The van der Waals surface area contributed by atoms with E-state index in [0.717, 1.165) is 17.0 Å². The van der Waals surface area contributed by atoms with Gasteiger partial charge in [0.25, 0.3) is 5.91 Å². The second-order valence-corrected chi connectivity index (χ2v) is 7.82. The van der Waals surface area contributed by atoms with Gasteiger partial charge >= 0.3 is 5.69 Å². The zero-order valence-electron chi connectivity index (χ0n) is 15.6. The third-order valence-electron chi connectivity index (χ3n) is 4.34. The summed E-state index contributed by atoms with van der Waals surface area (Å²) in [6.45, 7) is 8.10. The molecule has 3 rings (SSSR count). The monoisotopic (exact) mass is 355 g/mol. The molecule has 0 saturated carbocycles. The summed E-state index contributed by atoms with van der Waals surface area (Å²) in [5, 5.41) is 3.02. The van der Waals surface area contributed by atoms with Crippen LogP contribution in [0, 0.1) is 5.92 Å². The van der Waals surface area contributed by atoms with Crippen molar-refractivity contribution in [2.24, 2.45) is 5.92 Å². The third-order valence-corrected chi connectivity index (χ3v) is 4.34. The Labute approximate surface area is 153 Å². The van der Waals surface area contributed by atoms with Crippen molar-refractivity contribution in [3.8, 4) is 5.75 Å². The molecule has 1 aliphatic heterocycles. The number of benzene rings is 1. The van der Waals surface area contributed by atoms with E-state index in [2.05, 4.69) is 29.1 Å². The summed E-state index contributed by atoms with van der Waals surface area (Å²) in [6.07, 6.45) is 1.32. The molecule has 6 heteroatoms. The fourth-order valence-electron chi connectivity index (χ4n) is 3.34. The summed E-state index contributed by atoms with van der Waals surface area (Å²) in [5.74, 6) is 0.791. The number of aromatic nitrogens is 2. The van der Waals surface area contributed by atoms with Gasteiger partial charge in [0.2, 0.25) is 0 Å². The zero-order chi connectivity index (χ0) is 18.9. The number of para-hydroxylation sites is 1. The van der Waals surface area contributed by atoms with Gasteiger partial charge in [0, 0.05) is 17.7 Å². The molecular formula is C20H25N3O3. The fraction of sp³-hybridized carbons (Fsp3) is 0.450. The molecule has 2 N–H and O–H groups in total. The number of aromatic amines is 1. The Balaban J connectivity index is 1.86. The first-order valence-electron chi connectivity index (χ1n) is 8.92. The van der Waals surface area contributed by atoms with Gasteiger partial charge in [0.1, 0.15) is 17.0 Å². The van der Waals surface area contributed by atoms with Crippen LogP contribution in [0.4, 0.5) is 0 Å². The van der Waals surface area contributed by atoms with Crippen LogP contribution in [0.5, 0.6) is 5.75 Å². The third kappa shape index (κ3) is 4.12. The molecule has 0 spiro atoms. The van der Waals surface area contributed by atoms with Crippen LogP contribution < -0.4 is 15.7 Å². The van der Waals surface area contributed by atoms with Gasteiger partial charge in [-0.05, 0) is 38.3 Å². The van der Waals surface area contributed by atoms with Crippen LogP contribution in [0.15, 0.2) is 35.1 Å². The molecule has 0 aliphatic carbocycles. The zero-order valence-corrected chi connectivity index (χ0v) is 15.6. The molecule has 1 aromatic heterocycles. The summed E-state index contributed by atoms with van der Waals surface area (Å²) in [6, 6.07) is 9.15. The van der Waals surface area contributed by atoms with Gasteiger partial charge in [0.15, 0.2) is 0 Å². The highest BCUT2D eigenvalue weighted by Crippen LogP contribution is 2.39. The number of hydrogen-bond donors (Lipinski definition) is 2. The highest BCUT2D eigenvalue weighted by atomic mass is 16.5. The predicted octanol–water partition coefficient (Wildman–Crippen LogP) is 3.00. The van der Waals surface area contributed by atoms with Crippen LogP contribution in [-0.2, 0) is 6.42 Å². The molecule has 6 nitrogen and oxygen atoms in total. The van der Waals surface area contributed by atoms with Crippen LogP contribution in [0.3, 0.4) is 0 Å². The minimum Gasteiger partial charge on any atom is -0.487 e. The fourth-order valence-corrected chi connectivity index (χ4v) is 3.34. The Bertz CT molecular complexity index is 871. The average Bonchev–Trinajstić information content (AvgIpc) is 2.52. The first kappa shape index (κ1) is 18.2. The molecule has 1 aromatic carbocycles. The van der Waals surface area contributed by atoms with Crippen molar-refractivity contribution in [2.45, 2.75) is 52.2 Å². The first-order chi connectivity index (χ1) is 12.2. The Morgan fingerprint density at radius 3 is 2.85 bits per heavy atom. The summed E-state index contributed by atoms with van der Waals surface area (Å²) in [5.41, 5.74) is 0.911. The molecule has 0 saturated heterocycles. The number of nitrogens with zero attached hydrogens (tertiary/aromatic N) is 1. The van der Waals surface area contributed by atoms with E-state index in [1.54, 1.807) is 6.07 Å². The number of amides is 1. The molecule has 1 atom stereocenters. The molecule has 138 valence electrons. The molecule has 26 heavy (non-hydrogen) atoms. The van der Waals surface area contributed by atoms with E-state index in [1.807, 2.05) is 38.1 Å². The van der Waals surface area contributed by atoms with E-state index < -0.39 is 11.3 Å². The first-order valence-corrected chi connectivity index (χ1v) is 8.92. The number of H-pyrrole nitrogens is 1. The van der Waals surface area contributed by atoms with E-state index in [4.69, 9.17) is 4.74 Å². The van der Waals surface area contributed by atoms with Gasteiger partial charge in [-0.1, -0.05) is 32.0 Å². The van der Waals surface area contributed by atoms with E-state index in [9.17, 15) is 9.59 Å². The highest BCUT2D eigenvalue weighted by Gasteiger charge is 2.34. The van der Waals surface area contributed by atoms with Crippen molar-refractivity contribution in [1.82, 2.24) is 15.3 Å². The number of nitrogens with one attached hydrogen (secondary N) is 2. The maximum absolute atomic E-state index is 12.8. The number of rotatable bonds is 4. The van der Waals surface area contributed by atoms with Gasteiger partial charge in [-0.2, -0.15) is 4.98 Å². The van der Waals surface area contributed by atoms with Gasteiger partial charge in [-0.15, -0.1) is 0 Å². The molecule has 2 aromatic rings. The smallest absolute Gasteiger partial charge is 0.345 e. The van der Waals surface area contributed by atoms with E-state index in [1.165, 1.54) is 0 Å². The lowest BCUT2D eigenvalue weighted by molar-refractivity contribution is 0.0618. The lowest BCUT2D eigenvalue weighted by Gasteiger charge is -2.37. The molecule has 0 radical (unpaired) electrons. The van der Waals surface area contributed by atoms with Crippen molar-refractivity contribution in [3.63, 3.8) is 0 Å². The normalized spacial score (nSPS) is 18.1. The summed E-state index contributed by atoms with van der Waals surface area (Å²) in [7, 11) is 0. The summed E-state index contributed by atoms with van der Waals surface area (Å²) < 4.78 is 6.00. The maximum Gasteiger partial charge on any atom is 0.345 e. The molecule has 1 aliphatic rings. The number of carbonyl (C=O) groups is 1. The van der Waals surface area contributed by atoms with Crippen molar-refractivity contribution in [1.29, 1.82) is 0 Å². The van der Waals surface area contributed by atoms with Gasteiger partial charge in [-0.25, -0.2) is 4.79 Å². The van der Waals surface area contributed by atoms with Crippen LogP contribution in [0.2, 0.25) is 0 Å². The van der Waals surface area contributed by atoms with E-state index in [-0.39, 0.29) is 17.6 Å². The quantitative estimate of drug-likeness (QED) is 0.883. The van der Waals surface area contributed by atoms with Crippen molar-refractivity contribution >= 4 is 5.91 Å². The van der Waals surface area contributed by atoms with Gasteiger partial charge < -0.3 is 15.0 Å². The van der Waals surface area contributed by atoms with Gasteiger partial charge in [0.05, 0.1) is 6.04 Å². The number of carbonyl (C=O) groups excluding carboxylic acids is 1. The summed E-state index contributed by atoms with van der Waals surface area (Å²) >= 11 is 0. The van der Waals surface area contributed by atoms with Crippen molar-refractivity contribution < 1.29 is 9.53 Å². The Morgan fingerprint density at radius 2 is 2.12 bits per heavy atom. The van der Waals surface area contributed by atoms with Crippen molar-refractivity contribution in [3.05, 3.63) is 57.8 Å². The standard InChI is InChI=1S/C20H25N3O3/c1-12(2)9-13-10-15(23-19(25)21-13)18(24)22-16-11-20(3,4)26-17-8-6-5-7-14(16)17/h5-8,10,12,16H,9,11H2,1-4H3,(H,22,24)(H,21,23,25). The Hall–Kier alpha value is -2.63. The van der Waals surface area contributed by atoms with Gasteiger partial charge in [-0.3, -0.25) is 4.79 Å². The Kier molecular flexibility index (Phi) is 4.85. The lowest BCUT2D eigenvalue weighted by Crippen LogP contribution is -2.41. The van der Waals surface area contributed by atoms with Crippen LogP contribution in [0.1, 0.15) is 61.9 Å².